The largest absolute Gasteiger partial charge is 0.327 e. The van der Waals surface area contributed by atoms with E-state index in [1.807, 2.05) is 43.4 Å². The molecule has 3 rings (SSSR count). The summed E-state index contributed by atoms with van der Waals surface area (Å²) in [5.74, 6) is 0.870. The third-order valence-electron chi connectivity index (χ3n) is 3.30. The van der Waals surface area contributed by atoms with Crippen molar-refractivity contribution in [3.05, 3.63) is 53.1 Å². The summed E-state index contributed by atoms with van der Waals surface area (Å²) in [6, 6.07) is 13.8. The van der Waals surface area contributed by atoms with Gasteiger partial charge in [0.2, 0.25) is 0 Å². The summed E-state index contributed by atoms with van der Waals surface area (Å²) in [7, 11) is 1.99. The average molecular weight is 272 g/mol. The summed E-state index contributed by atoms with van der Waals surface area (Å²) in [6.07, 6.45) is 0. The molecule has 0 aliphatic rings. The van der Waals surface area contributed by atoms with Gasteiger partial charge in [-0.05, 0) is 29.8 Å². The third kappa shape index (κ3) is 2.01. The second kappa shape index (κ2) is 4.68. The predicted octanol–water partition coefficient (Wildman–Crippen LogP) is 3.35. The fraction of sp³-hybridized carbons (Fsp3) is 0.133. The highest BCUT2D eigenvalue weighted by molar-refractivity contribution is 6.33. The van der Waals surface area contributed by atoms with Crippen LogP contribution in [0.5, 0.6) is 0 Å². The number of benzene rings is 2. The van der Waals surface area contributed by atoms with Crippen LogP contribution in [0.4, 0.5) is 0 Å². The van der Waals surface area contributed by atoms with Crippen molar-refractivity contribution in [3.63, 3.8) is 0 Å². The van der Waals surface area contributed by atoms with Crippen molar-refractivity contribution < 1.29 is 0 Å². The summed E-state index contributed by atoms with van der Waals surface area (Å²) >= 11 is 6.24. The number of hydrogen-bond donors (Lipinski definition) is 1. The minimum absolute atomic E-state index is 0.530. The third-order valence-corrected chi connectivity index (χ3v) is 3.63. The molecule has 1 heterocycles. The first-order valence-electron chi connectivity index (χ1n) is 6.11. The quantitative estimate of drug-likeness (QED) is 0.777. The van der Waals surface area contributed by atoms with Gasteiger partial charge in [-0.25, -0.2) is 4.98 Å². The molecule has 3 aromatic rings. The van der Waals surface area contributed by atoms with Gasteiger partial charge in [0, 0.05) is 19.2 Å². The molecule has 0 aliphatic carbocycles. The zero-order chi connectivity index (χ0) is 13.4. The van der Waals surface area contributed by atoms with E-state index >= 15 is 0 Å². The molecule has 19 heavy (non-hydrogen) atoms. The molecule has 0 radical (unpaired) electrons. The van der Waals surface area contributed by atoms with Crippen LogP contribution in [0, 0.1) is 0 Å². The van der Waals surface area contributed by atoms with E-state index in [0.717, 1.165) is 28.0 Å². The lowest BCUT2D eigenvalue weighted by molar-refractivity contribution is 0.956. The van der Waals surface area contributed by atoms with Gasteiger partial charge in [-0.15, -0.1) is 0 Å². The van der Waals surface area contributed by atoms with Gasteiger partial charge in [0.05, 0.1) is 16.1 Å². The van der Waals surface area contributed by atoms with Crippen LogP contribution < -0.4 is 5.73 Å². The van der Waals surface area contributed by atoms with E-state index in [1.54, 1.807) is 0 Å². The monoisotopic (exact) mass is 271 g/mol. The Bertz CT molecular complexity index is 746. The molecule has 96 valence electrons. The van der Waals surface area contributed by atoms with E-state index in [9.17, 15) is 0 Å². The van der Waals surface area contributed by atoms with Crippen molar-refractivity contribution in [2.24, 2.45) is 12.8 Å². The Hall–Kier alpha value is -1.84. The Kier molecular flexibility index (Phi) is 3.01. The molecular formula is C15H14ClN3. The topological polar surface area (TPSA) is 43.8 Å². The first-order chi connectivity index (χ1) is 9.20. The van der Waals surface area contributed by atoms with Crippen molar-refractivity contribution in [1.29, 1.82) is 0 Å². The molecule has 0 bridgehead atoms. The molecule has 0 saturated heterocycles. The van der Waals surface area contributed by atoms with Crippen molar-refractivity contribution in [3.8, 4) is 11.4 Å². The van der Waals surface area contributed by atoms with Gasteiger partial charge in [0.15, 0.2) is 0 Å². The lowest BCUT2D eigenvalue weighted by atomic mass is 10.2. The highest BCUT2D eigenvalue weighted by Gasteiger charge is 2.12. The molecule has 0 atom stereocenters. The van der Waals surface area contributed by atoms with Crippen molar-refractivity contribution in [2.75, 3.05) is 0 Å². The van der Waals surface area contributed by atoms with E-state index in [0.29, 0.717) is 11.6 Å². The molecule has 0 spiro atoms. The molecule has 1 aromatic heterocycles. The van der Waals surface area contributed by atoms with E-state index in [-0.39, 0.29) is 0 Å². The molecular weight excluding hydrogens is 258 g/mol. The number of rotatable bonds is 2. The van der Waals surface area contributed by atoms with Gasteiger partial charge in [-0.1, -0.05) is 29.8 Å². The number of halogens is 1. The van der Waals surface area contributed by atoms with Gasteiger partial charge in [-0.2, -0.15) is 0 Å². The Morgan fingerprint density at radius 2 is 2.00 bits per heavy atom. The van der Waals surface area contributed by atoms with Crippen LogP contribution in [0.2, 0.25) is 5.02 Å². The summed E-state index contributed by atoms with van der Waals surface area (Å²) < 4.78 is 2.05. The maximum absolute atomic E-state index is 6.24. The fourth-order valence-electron chi connectivity index (χ4n) is 2.25. The normalized spacial score (nSPS) is 11.1. The number of hydrogen-bond acceptors (Lipinski definition) is 2. The lowest BCUT2D eigenvalue weighted by Gasteiger charge is -2.04. The zero-order valence-electron chi connectivity index (χ0n) is 10.6. The van der Waals surface area contributed by atoms with Crippen LogP contribution >= 0.6 is 11.6 Å². The van der Waals surface area contributed by atoms with Gasteiger partial charge >= 0.3 is 0 Å². The van der Waals surface area contributed by atoms with Crippen LogP contribution in [0.1, 0.15) is 5.56 Å². The molecule has 0 fully saturated rings. The van der Waals surface area contributed by atoms with E-state index in [2.05, 4.69) is 15.6 Å². The van der Waals surface area contributed by atoms with Crippen LogP contribution in [-0.2, 0) is 13.6 Å². The number of imidazole rings is 1. The predicted molar refractivity (Wildman–Crippen MR) is 79.1 cm³/mol. The number of nitrogens with zero attached hydrogens (tertiary/aromatic N) is 2. The van der Waals surface area contributed by atoms with Gasteiger partial charge in [0.1, 0.15) is 5.82 Å². The highest BCUT2D eigenvalue weighted by Crippen LogP contribution is 2.29. The van der Waals surface area contributed by atoms with Crippen LogP contribution in [0.3, 0.4) is 0 Å². The van der Waals surface area contributed by atoms with Crippen LogP contribution in [0.15, 0.2) is 42.5 Å². The maximum Gasteiger partial charge on any atom is 0.142 e. The first-order valence-corrected chi connectivity index (χ1v) is 6.49. The second-order valence-electron chi connectivity index (χ2n) is 4.50. The fourth-order valence-corrected chi connectivity index (χ4v) is 2.47. The van der Waals surface area contributed by atoms with Crippen molar-refractivity contribution in [2.45, 2.75) is 6.54 Å². The molecule has 2 aromatic carbocycles. The molecule has 0 saturated carbocycles. The zero-order valence-corrected chi connectivity index (χ0v) is 11.4. The molecule has 3 nitrogen and oxygen atoms in total. The minimum atomic E-state index is 0.530. The molecule has 2 N–H and O–H groups in total. The summed E-state index contributed by atoms with van der Waals surface area (Å²) in [5, 5.41) is 0.708. The Balaban J connectivity index is 2.26. The minimum Gasteiger partial charge on any atom is -0.327 e. The van der Waals surface area contributed by atoms with Crippen molar-refractivity contribution in [1.82, 2.24) is 9.55 Å². The maximum atomic E-state index is 6.24. The smallest absolute Gasteiger partial charge is 0.142 e. The van der Waals surface area contributed by atoms with Gasteiger partial charge in [-0.3, -0.25) is 0 Å². The molecule has 4 heteroatoms. The standard InChI is InChI=1S/C15H14ClN3/c1-19-14-8-10(9-17)6-7-13(14)18-15(19)11-4-2-3-5-12(11)16/h2-8H,9,17H2,1H3. The molecule has 0 amide bonds. The van der Waals surface area contributed by atoms with Crippen molar-refractivity contribution >= 4 is 22.6 Å². The van der Waals surface area contributed by atoms with E-state index < -0.39 is 0 Å². The highest BCUT2D eigenvalue weighted by atomic mass is 35.5. The van der Waals surface area contributed by atoms with Crippen LogP contribution in [0.25, 0.3) is 22.4 Å². The SMILES string of the molecule is Cn1c(-c2ccccc2Cl)nc2ccc(CN)cc21. The number of aromatic nitrogens is 2. The van der Waals surface area contributed by atoms with E-state index in [1.165, 1.54) is 0 Å². The average Bonchev–Trinajstić information content (AvgIpc) is 2.76. The first kappa shape index (κ1) is 12.2. The lowest BCUT2D eigenvalue weighted by Crippen LogP contribution is -1.97. The Morgan fingerprint density at radius 1 is 1.21 bits per heavy atom. The number of nitrogens with two attached hydrogens (primary N) is 1. The Labute approximate surface area is 116 Å². The molecule has 0 aliphatic heterocycles. The number of aryl methyl sites for hydroxylation is 1. The summed E-state index contributed by atoms with van der Waals surface area (Å²) in [4.78, 5) is 4.66. The Morgan fingerprint density at radius 3 is 2.74 bits per heavy atom. The van der Waals surface area contributed by atoms with Gasteiger partial charge < -0.3 is 10.3 Å². The van der Waals surface area contributed by atoms with E-state index in [4.69, 9.17) is 17.3 Å². The summed E-state index contributed by atoms with van der Waals surface area (Å²) in [5.41, 5.74) is 9.74. The van der Waals surface area contributed by atoms with Gasteiger partial charge in [0.25, 0.3) is 0 Å². The van der Waals surface area contributed by atoms with Crippen LogP contribution in [-0.4, -0.2) is 9.55 Å². The number of fused-ring (bicyclic) bond motifs is 1. The summed E-state index contributed by atoms with van der Waals surface area (Å²) in [6.45, 7) is 0.530. The molecule has 0 unspecified atom stereocenters. The second-order valence-corrected chi connectivity index (χ2v) is 4.91.